The van der Waals surface area contributed by atoms with Crippen molar-refractivity contribution in [1.29, 1.82) is 0 Å². The lowest BCUT2D eigenvalue weighted by atomic mass is 10.2. The minimum Gasteiger partial charge on any atom is -0.322 e. The molecule has 1 saturated heterocycles. The number of nitrogens with one attached hydrogen (secondary N) is 1. The second kappa shape index (κ2) is 5.03. The molecular weight excluding hydrogens is 276 g/mol. The summed E-state index contributed by atoms with van der Waals surface area (Å²) >= 11 is 0. The van der Waals surface area contributed by atoms with Crippen molar-refractivity contribution in [2.75, 3.05) is 13.1 Å². The normalized spacial score (nSPS) is 17.4. The predicted molar refractivity (Wildman–Crippen MR) is 77.2 cm³/mol. The van der Waals surface area contributed by atoms with Gasteiger partial charge in [0, 0.05) is 24.7 Å². The van der Waals surface area contributed by atoms with Crippen LogP contribution in [0.5, 0.6) is 0 Å². The fraction of sp³-hybridized carbons (Fsp3) is 0.357. The van der Waals surface area contributed by atoms with Crippen LogP contribution in [0.2, 0.25) is 0 Å². The van der Waals surface area contributed by atoms with Crippen molar-refractivity contribution in [2.24, 2.45) is 0 Å². The van der Waals surface area contributed by atoms with Gasteiger partial charge >= 0.3 is 0 Å². The standard InChI is InChI=1S/C14H16N2O3S/c17-14-7-4-11-10-12(5-6-13(11)15-14)20(18,19)16-8-2-1-3-9-16/h4-7,10H,1-3,8-9H2,(H,15,17). The molecule has 106 valence electrons. The maximum Gasteiger partial charge on any atom is 0.248 e. The summed E-state index contributed by atoms with van der Waals surface area (Å²) in [7, 11) is -3.42. The highest BCUT2D eigenvalue weighted by Crippen LogP contribution is 2.23. The van der Waals surface area contributed by atoms with Crippen LogP contribution in [0.25, 0.3) is 10.9 Å². The summed E-state index contributed by atoms with van der Waals surface area (Å²) in [6.45, 7) is 1.18. The van der Waals surface area contributed by atoms with E-state index in [0.29, 0.717) is 23.5 Å². The SMILES string of the molecule is O=c1ccc2cc(S(=O)(=O)N3CCCCC3)ccc2[nH]1. The number of nitrogens with zero attached hydrogens (tertiary/aromatic N) is 1. The Hall–Kier alpha value is -1.66. The molecule has 2 aromatic rings. The highest BCUT2D eigenvalue weighted by molar-refractivity contribution is 7.89. The number of piperidine rings is 1. The first-order valence-corrected chi connectivity index (χ1v) is 8.15. The van der Waals surface area contributed by atoms with Gasteiger partial charge in [0.2, 0.25) is 15.6 Å². The maximum atomic E-state index is 12.6. The number of aromatic nitrogens is 1. The highest BCUT2D eigenvalue weighted by Gasteiger charge is 2.25. The van der Waals surface area contributed by atoms with E-state index in [0.717, 1.165) is 24.6 Å². The van der Waals surface area contributed by atoms with E-state index in [1.807, 2.05) is 0 Å². The van der Waals surface area contributed by atoms with E-state index in [4.69, 9.17) is 0 Å². The second-order valence-corrected chi connectivity index (χ2v) is 6.97. The van der Waals surface area contributed by atoms with Crippen LogP contribution in [0, 0.1) is 0 Å². The zero-order valence-corrected chi connectivity index (χ0v) is 11.8. The van der Waals surface area contributed by atoms with E-state index >= 15 is 0 Å². The summed E-state index contributed by atoms with van der Waals surface area (Å²) in [5.41, 5.74) is 0.458. The molecule has 1 N–H and O–H groups in total. The average molecular weight is 292 g/mol. The summed E-state index contributed by atoms with van der Waals surface area (Å²) in [6, 6.07) is 7.87. The minimum absolute atomic E-state index is 0.191. The number of aromatic amines is 1. The number of rotatable bonds is 2. The number of H-pyrrole nitrogens is 1. The molecule has 0 atom stereocenters. The van der Waals surface area contributed by atoms with Crippen molar-refractivity contribution in [3.63, 3.8) is 0 Å². The fourth-order valence-corrected chi connectivity index (χ4v) is 4.10. The van der Waals surface area contributed by atoms with Crippen LogP contribution >= 0.6 is 0 Å². The lowest BCUT2D eigenvalue weighted by molar-refractivity contribution is 0.346. The van der Waals surface area contributed by atoms with Gasteiger partial charge in [-0.1, -0.05) is 6.42 Å². The minimum atomic E-state index is -3.42. The number of fused-ring (bicyclic) bond motifs is 1. The first-order valence-electron chi connectivity index (χ1n) is 6.71. The van der Waals surface area contributed by atoms with Gasteiger partial charge < -0.3 is 4.98 Å². The highest BCUT2D eigenvalue weighted by atomic mass is 32.2. The molecule has 1 aromatic heterocycles. The van der Waals surface area contributed by atoms with Crippen LogP contribution < -0.4 is 5.56 Å². The first-order chi connectivity index (χ1) is 9.57. The average Bonchev–Trinajstić information content (AvgIpc) is 2.47. The Kier molecular flexibility index (Phi) is 3.35. The van der Waals surface area contributed by atoms with E-state index in [-0.39, 0.29) is 5.56 Å². The Bertz CT molecular complexity index is 789. The Morgan fingerprint density at radius 2 is 1.75 bits per heavy atom. The molecule has 3 rings (SSSR count). The molecule has 0 aliphatic carbocycles. The van der Waals surface area contributed by atoms with Crippen molar-refractivity contribution in [2.45, 2.75) is 24.2 Å². The van der Waals surface area contributed by atoms with E-state index in [9.17, 15) is 13.2 Å². The van der Waals surface area contributed by atoms with Crippen LogP contribution in [0.3, 0.4) is 0 Å². The Labute approximate surface area is 117 Å². The van der Waals surface area contributed by atoms with Crippen molar-refractivity contribution in [1.82, 2.24) is 9.29 Å². The Morgan fingerprint density at radius 1 is 1.00 bits per heavy atom. The van der Waals surface area contributed by atoms with Crippen LogP contribution in [-0.4, -0.2) is 30.8 Å². The zero-order chi connectivity index (χ0) is 14.2. The van der Waals surface area contributed by atoms with Crippen molar-refractivity contribution < 1.29 is 8.42 Å². The lowest BCUT2D eigenvalue weighted by Gasteiger charge is -2.25. The van der Waals surface area contributed by atoms with Gasteiger partial charge in [0.1, 0.15) is 0 Å². The third kappa shape index (κ3) is 2.36. The number of pyridine rings is 1. The number of hydrogen-bond acceptors (Lipinski definition) is 3. The summed E-state index contributed by atoms with van der Waals surface area (Å²) in [4.78, 5) is 14.2. The van der Waals surface area contributed by atoms with Gasteiger partial charge in [0.15, 0.2) is 0 Å². The van der Waals surface area contributed by atoms with Crippen LogP contribution in [-0.2, 0) is 10.0 Å². The monoisotopic (exact) mass is 292 g/mol. The first kappa shape index (κ1) is 13.3. The van der Waals surface area contributed by atoms with Crippen LogP contribution in [0.4, 0.5) is 0 Å². The molecule has 2 heterocycles. The largest absolute Gasteiger partial charge is 0.322 e. The molecule has 0 bridgehead atoms. The van der Waals surface area contributed by atoms with Gasteiger partial charge in [-0.15, -0.1) is 0 Å². The summed E-state index contributed by atoms with van der Waals surface area (Å²) < 4.78 is 26.6. The van der Waals surface area contributed by atoms with E-state index in [1.165, 1.54) is 6.07 Å². The molecule has 1 aliphatic rings. The fourth-order valence-electron chi connectivity index (χ4n) is 2.55. The summed E-state index contributed by atoms with van der Waals surface area (Å²) in [5, 5.41) is 0.725. The molecule has 1 aliphatic heterocycles. The van der Waals surface area contributed by atoms with Gasteiger partial charge in [-0.3, -0.25) is 4.79 Å². The number of hydrogen-bond donors (Lipinski definition) is 1. The Morgan fingerprint density at radius 3 is 2.50 bits per heavy atom. The number of sulfonamides is 1. The molecule has 1 aromatic carbocycles. The van der Waals surface area contributed by atoms with E-state index in [1.54, 1.807) is 28.6 Å². The topological polar surface area (TPSA) is 70.2 Å². The van der Waals surface area contributed by atoms with Crippen LogP contribution in [0.1, 0.15) is 19.3 Å². The summed E-state index contributed by atoms with van der Waals surface area (Å²) in [6.07, 6.45) is 2.92. The molecule has 0 saturated carbocycles. The molecule has 0 unspecified atom stereocenters. The Balaban J connectivity index is 2.04. The van der Waals surface area contributed by atoms with Crippen molar-refractivity contribution >= 4 is 20.9 Å². The van der Waals surface area contributed by atoms with Crippen molar-refractivity contribution in [3.05, 3.63) is 40.7 Å². The second-order valence-electron chi connectivity index (χ2n) is 5.04. The molecule has 0 amide bonds. The maximum absolute atomic E-state index is 12.6. The lowest BCUT2D eigenvalue weighted by Crippen LogP contribution is -2.35. The third-order valence-corrected chi connectivity index (χ3v) is 5.54. The summed E-state index contributed by atoms with van der Waals surface area (Å²) in [5.74, 6) is 0. The van der Waals surface area contributed by atoms with Gasteiger partial charge in [-0.25, -0.2) is 8.42 Å². The third-order valence-electron chi connectivity index (χ3n) is 3.65. The predicted octanol–water partition coefficient (Wildman–Crippen LogP) is 1.70. The zero-order valence-electron chi connectivity index (χ0n) is 11.0. The molecule has 6 heteroatoms. The molecule has 0 radical (unpaired) electrons. The van der Waals surface area contributed by atoms with Crippen LogP contribution in [0.15, 0.2) is 40.0 Å². The van der Waals surface area contributed by atoms with Gasteiger partial charge in [-0.2, -0.15) is 4.31 Å². The smallest absolute Gasteiger partial charge is 0.248 e. The molecule has 5 nitrogen and oxygen atoms in total. The van der Waals surface area contributed by atoms with Gasteiger partial charge in [0.05, 0.1) is 4.90 Å². The van der Waals surface area contributed by atoms with Gasteiger partial charge in [-0.05, 0) is 42.5 Å². The molecule has 1 fully saturated rings. The molecule has 20 heavy (non-hydrogen) atoms. The van der Waals surface area contributed by atoms with E-state index in [2.05, 4.69) is 4.98 Å². The van der Waals surface area contributed by atoms with Crippen molar-refractivity contribution in [3.8, 4) is 0 Å². The molecular formula is C14H16N2O3S. The van der Waals surface area contributed by atoms with Gasteiger partial charge in [0.25, 0.3) is 0 Å². The quantitative estimate of drug-likeness (QED) is 0.916. The number of benzene rings is 1. The van der Waals surface area contributed by atoms with E-state index < -0.39 is 10.0 Å². The molecule has 0 spiro atoms.